The molecule has 0 saturated carbocycles. The molecule has 19 heavy (non-hydrogen) atoms. The third kappa shape index (κ3) is 2.31. The van der Waals surface area contributed by atoms with Crippen LogP contribution in [0.25, 0.3) is 16.7 Å². The van der Waals surface area contributed by atoms with Gasteiger partial charge in [0.1, 0.15) is 6.33 Å². The zero-order chi connectivity index (χ0) is 13.2. The highest BCUT2D eigenvalue weighted by Crippen LogP contribution is 2.19. The van der Waals surface area contributed by atoms with Crippen molar-refractivity contribution in [2.45, 2.75) is 18.7 Å². The molecule has 2 heterocycles. The number of hydrogen-bond donors (Lipinski definition) is 0. The van der Waals surface area contributed by atoms with E-state index in [0.717, 1.165) is 22.4 Å². The number of para-hydroxylation sites is 1. The zero-order valence-electron chi connectivity index (χ0n) is 10.5. The highest BCUT2D eigenvalue weighted by Gasteiger charge is 2.12. The molecule has 1 unspecified atom stereocenters. The summed E-state index contributed by atoms with van der Waals surface area (Å²) in [6.45, 7) is 1.96. The van der Waals surface area contributed by atoms with E-state index in [1.165, 1.54) is 0 Å². The number of aromatic nitrogens is 4. The summed E-state index contributed by atoms with van der Waals surface area (Å²) in [5.74, 6) is 0. The fraction of sp³-hybridized carbons (Fsp3) is 0.214. The summed E-state index contributed by atoms with van der Waals surface area (Å²) in [6.07, 6.45) is 4.08. The zero-order valence-corrected chi connectivity index (χ0v) is 11.2. The molecule has 1 atom stereocenters. The smallest absolute Gasteiger partial charge is 0.166 e. The van der Waals surface area contributed by atoms with E-state index in [4.69, 9.17) is 11.6 Å². The summed E-state index contributed by atoms with van der Waals surface area (Å²) in [5, 5.41) is 5.40. The van der Waals surface area contributed by atoms with Crippen LogP contribution in [0.15, 0.2) is 42.9 Å². The second kappa shape index (κ2) is 4.97. The van der Waals surface area contributed by atoms with Gasteiger partial charge >= 0.3 is 0 Å². The Morgan fingerprint density at radius 1 is 1.21 bits per heavy atom. The number of halogens is 1. The largest absolute Gasteiger partial charge is 0.240 e. The number of nitrogens with zero attached hydrogens (tertiary/aromatic N) is 4. The standard InChI is InChI=1S/C14H13ClN4/c1-10(15)7-13-12-8-18-19(14(12)17-9-16-13)11-5-3-2-4-6-11/h2-6,8-10H,7H2,1H3. The van der Waals surface area contributed by atoms with Crippen LogP contribution in [0.4, 0.5) is 0 Å². The monoisotopic (exact) mass is 272 g/mol. The topological polar surface area (TPSA) is 43.6 Å². The van der Waals surface area contributed by atoms with Crippen molar-refractivity contribution in [3.63, 3.8) is 0 Å². The van der Waals surface area contributed by atoms with Gasteiger partial charge in [0.25, 0.3) is 0 Å². The first-order valence-electron chi connectivity index (χ1n) is 6.13. The summed E-state index contributed by atoms with van der Waals surface area (Å²) >= 11 is 6.05. The molecule has 3 aromatic rings. The molecule has 1 aromatic carbocycles. The Kier molecular flexibility index (Phi) is 3.17. The number of fused-ring (bicyclic) bond motifs is 1. The molecule has 5 heteroatoms. The van der Waals surface area contributed by atoms with E-state index in [-0.39, 0.29) is 5.38 Å². The SMILES string of the molecule is CC(Cl)Cc1ncnc2c1cnn2-c1ccccc1. The van der Waals surface area contributed by atoms with E-state index in [9.17, 15) is 0 Å². The molecule has 0 aliphatic rings. The molecule has 2 aromatic heterocycles. The summed E-state index contributed by atoms with van der Waals surface area (Å²) in [5.41, 5.74) is 2.74. The molecule has 4 nitrogen and oxygen atoms in total. The first-order chi connectivity index (χ1) is 9.25. The minimum atomic E-state index is 0.0400. The maximum atomic E-state index is 6.05. The Morgan fingerprint density at radius 2 is 2.00 bits per heavy atom. The van der Waals surface area contributed by atoms with Crippen molar-refractivity contribution >= 4 is 22.6 Å². The van der Waals surface area contributed by atoms with E-state index in [2.05, 4.69) is 15.1 Å². The van der Waals surface area contributed by atoms with Crippen LogP contribution in [0.3, 0.4) is 0 Å². The van der Waals surface area contributed by atoms with Gasteiger partial charge in [0.2, 0.25) is 0 Å². The first-order valence-corrected chi connectivity index (χ1v) is 6.56. The van der Waals surface area contributed by atoms with Gasteiger partial charge in [-0.05, 0) is 19.1 Å². The predicted molar refractivity (Wildman–Crippen MR) is 75.7 cm³/mol. The van der Waals surface area contributed by atoms with Gasteiger partial charge in [0, 0.05) is 11.8 Å². The van der Waals surface area contributed by atoms with Crippen molar-refractivity contribution in [1.29, 1.82) is 0 Å². The molecule has 0 amide bonds. The van der Waals surface area contributed by atoms with Gasteiger partial charge in [-0.15, -0.1) is 11.6 Å². The molecule has 0 bridgehead atoms. The van der Waals surface area contributed by atoms with Gasteiger partial charge in [0.05, 0.1) is 23.0 Å². The van der Waals surface area contributed by atoms with Crippen LogP contribution in [-0.4, -0.2) is 25.1 Å². The van der Waals surface area contributed by atoms with Crippen molar-refractivity contribution in [2.24, 2.45) is 0 Å². The quantitative estimate of drug-likeness (QED) is 0.689. The highest BCUT2D eigenvalue weighted by molar-refractivity contribution is 6.20. The average Bonchev–Trinajstić information content (AvgIpc) is 2.84. The Hall–Kier alpha value is -1.94. The summed E-state index contributed by atoms with van der Waals surface area (Å²) in [4.78, 5) is 8.64. The van der Waals surface area contributed by atoms with Gasteiger partial charge in [-0.1, -0.05) is 18.2 Å². The summed E-state index contributed by atoms with van der Waals surface area (Å²) in [7, 11) is 0. The molecule has 3 rings (SSSR count). The van der Waals surface area contributed by atoms with Crippen LogP contribution in [-0.2, 0) is 6.42 Å². The second-order valence-electron chi connectivity index (χ2n) is 4.43. The van der Waals surface area contributed by atoms with Crippen LogP contribution in [0.5, 0.6) is 0 Å². The molecule has 0 aliphatic carbocycles. The van der Waals surface area contributed by atoms with Crippen molar-refractivity contribution in [3.05, 3.63) is 48.5 Å². The molecule has 0 aliphatic heterocycles. The molecular weight excluding hydrogens is 260 g/mol. The lowest BCUT2D eigenvalue weighted by atomic mass is 10.2. The first kappa shape index (κ1) is 12.1. The summed E-state index contributed by atoms with van der Waals surface area (Å²) in [6, 6.07) is 9.93. The molecule has 0 spiro atoms. The lowest BCUT2D eigenvalue weighted by molar-refractivity contribution is 0.881. The van der Waals surface area contributed by atoms with Gasteiger partial charge in [-0.2, -0.15) is 5.10 Å². The van der Waals surface area contributed by atoms with E-state index in [0.29, 0.717) is 6.42 Å². The molecule has 96 valence electrons. The van der Waals surface area contributed by atoms with Gasteiger partial charge in [-0.25, -0.2) is 14.6 Å². The maximum Gasteiger partial charge on any atom is 0.166 e. The molecular formula is C14H13ClN4. The second-order valence-corrected chi connectivity index (χ2v) is 5.18. The van der Waals surface area contributed by atoms with E-state index in [1.54, 1.807) is 12.5 Å². The minimum Gasteiger partial charge on any atom is -0.240 e. The lowest BCUT2D eigenvalue weighted by Gasteiger charge is -2.05. The Morgan fingerprint density at radius 3 is 2.74 bits per heavy atom. The van der Waals surface area contributed by atoms with Crippen molar-refractivity contribution in [3.8, 4) is 5.69 Å². The Labute approximate surface area is 116 Å². The Balaban J connectivity index is 2.14. The van der Waals surface area contributed by atoms with Crippen LogP contribution in [0.1, 0.15) is 12.6 Å². The average molecular weight is 273 g/mol. The molecule has 0 fully saturated rings. The molecule has 0 N–H and O–H groups in total. The lowest BCUT2D eigenvalue weighted by Crippen LogP contribution is -2.02. The van der Waals surface area contributed by atoms with Gasteiger partial charge in [0.15, 0.2) is 5.65 Å². The fourth-order valence-electron chi connectivity index (χ4n) is 2.08. The van der Waals surface area contributed by atoms with E-state index >= 15 is 0 Å². The van der Waals surface area contributed by atoms with Crippen LogP contribution in [0.2, 0.25) is 0 Å². The van der Waals surface area contributed by atoms with Crippen molar-refractivity contribution in [1.82, 2.24) is 19.7 Å². The molecule has 0 saturated heterocycles. The molecule has 0 radical (unpaired) electrons. The van der Waals surface area contributed by atoms with Crippen LogP contribution < -0.4 is 0 Å². The number of rotatable bonds is 3. The van der Waals surface area contributed by atoms with E-state index < -0.39 is 0 Å². The minimum absolute atomic E-state index is 0.0400. The Bertz CT molecular complexity index is 691. The van der Waals surface area contributed by atoms with Gasteiger partial charge in [-0.3, -0.25) is 0 Å². The summed E-state index contributed by atoms with van der Waals surface area (Å²) < 4.78 is 1.82. The third-order valence-electron chi connectivity index (χ3n) is 2.92. The predicted octanol–water partition coefficient (Wildman–Crippen LogP) is 2.99. The highest BCUT2D eigenvalue weighted by atomic mass is 35.5. The van der Waals surface area contributed by atoms with Crippen LogP contribution >= 0.6 is 11.6 Å². The van der Waals surface area contributed by atoms with Gasteiger partial charge < -0.3 is 0 Å². The fourth-order valence-corrected chi connectivity index (χ4v) is 2.23. The third-order valence-corrected chi connectivity index (χ3v) is 3.08. The maximum absolute atomic E-state index is 6.05. The number of benzene rings is 1. The van der Waals surface area contributed by atoms with E-state index in [1.807, 2.05) is 41.9 Å². The van der Waals surface area contributed by atoms with Crippen molar-refractivity contribution in [2.75, 3.05) is 0 Å². The number of alkyl halides is 1. The van der Waals surface area contributed by atoms with Crippen molar-refractivity contribution < 1.29 is 0 Å². The van der Waals surface area contributed by atoms with Crippen LogP contribution in [0, 0.1) is 0 Å². The number of hydrogen-bond acceptors (Lipinski definition) is 3. The normalized spacial score (nSPS) is 12.7.